The molecule has 1 aromatic carbocycles. The number of guanidine groups is 1. The molecular formula is C18H26N4O3S. The summed E-state index contributed by atoms with van der Waals surface area (Å²) in [5, 5.41) is 7.58. The van der Waals surface area contributed by atoms with Crippen LogP contribution < -0.4 is 24.8 Å². The summed E-state index contributed by atoms with van der Waals surface area (Å²) in [5.74, 6) is 2.74. The molecule has 7 nitrogen and oxygen atoms in total. The Balaban J connectivity index is 2.05. The second kappa shape index (κ2) is 9.28. The maximum Gasteiger partial charge on any atom is 0.191 e. The van der Waals surface area contributed by atoms with Crippen molar-refractivity contribution in [2.45, 2.75) is 26.9 Å². The highest BCUT2D eigenvalue weighted by atomic mass is 32.1. The molecule has 2 rings (SSSR count). The zero-order valence-corrected chi connectivity index (χ0v) is 16.9. The zero-order valence-electron chi connectivity index (χ0n) is 16.1. The second-order valence-electron chi connectivity index (χ2n) is 5.54. The minimum atomic E-state index is 0.492. The average Bonchev–Trinajstić information content (AvgIpc) is 2.98. The fourth-order valence-electron chi connectivity index (χ4n) is 2.42. The quantitative estimate of drug-likeness (QED) is 0.570. The predicted molar refractivity (Wildman–Crippen MR) is 105 cm³/mol. The molecule has 0 unspecified atom stereocenters. The Morgan fingerprint density at radius 2 is 1.65 bits per heavy atom. The summed E-state index contributed by atoms with van der Waals surface area (Å²) in [7, 11) is 6.59. The number of nitrogens with one attached hydrogen (secondary N) is 2. The topological polar surface area (TPSA) is 77.0 Å². The molecule has 1 aromatic heterocycles. The number of rotatable bonds is 7. The van der Waals surface area contributed by atoms with Crippen molar-refractivity contribution in [1.82, 2.24) is 15.6 Å². The van der Waals surface area contributed by atoms with Crippen molar-refractivity contribution in [3.8, 4) is 17.2 Å². The lowest BCUT2D eigenvalue weighted by Crippen LogP contribution is -2.36. The maximum atomic E-state index is 5.47. The number of nitrogens with zero attached hydrogens (tertiary/aromatic N) is 2. The Morgan fingerprint density at radius 1 is 1.04 bits per heavy atom. The van der Waals surface area contributed by atoms with E-state index in [1.165, 1.54) is 4.88 Å². The SMILES string of the molecule is CN=C(NCc1nc(C)c(C)s1)NCc1c(OC)cc(OC)cc1OC. The first-order valence-electron chi connectivity index (χ1n) is 8.18. The molecule has 0 radical (unpaired) electrons. The Labute approximate surface area is 158 Å². The monoisotopic (exact) mass is 378 g/mol. The normalized spacial score (nSPS) is 11.2. The fraction of sp³-hybridized carbons (Fsp3) is 0.444. The van der Waals surface area contributed by atoms with E-state index >= 15 is 0 Å². The first kappa shape index (κ1) is 19.8. The van der Waals surface area contributed by atoms with Crippen LogP contribution in [0, 0.1) is 13.8 Å². The van der Waals surface area contributed by atoms with Crippen molar-refractivity contribution < 1.29 is 14.2 Å². The van der Waals surface area contributed by atoms with Crippen LogP contribution in [-0.2, 0) is 13.1 Å². The van der Waals surface area contributed by atoms with Gasteiger partial charge in [0.15, 0.2) is 5.96 Å². The van der Waals surface area contributed by atoms with Gasteiger partial charge in [-0.05, 0) is 13.8 Å². The van der Waals surface area contributed by atoms with Gasteiger partial charge >= 0.3 is 0 Å². The van der Waals surface area contributed by atoms with Gasteiger partial charge in [0.25, 0.3) is 0 Å². The minimum absolute atomic E-state index is 0.492. The third-order valence-corrected chi connectivity index (χ3v) is 5.03. The highest BCUT2D eigenvalue weighted by molar-refractivity contribution is 7.11. The largest absolute Gasteiger partial charge is 0.496 e. The van der Waals surface area contributed by atoms with E-state index in [1.54, 1.807) is 39.7 Å². The van der Waals surface area contributed by atoms with Crippen molar-refractivity contribution in [2.75, 3.05) is 28.4 Å². The Hall–Kier alpha value is -2.48. The van der Waals surface area contributed by atoms with E-state index in [0.29, 0.717) is 36.3 Å². The lowest BCUT2D eigenvalue weighted by Gasteiger charge is -2.17. The van der Waals surface area contributed by atoms with Crippen molar-refractivity contribution in [3.05, 3.63) is 33.3 Å². The van der Waals surface area contributed by atoms with Gasteiger partial charge in [-0.15, -0.1) is 11.3 Å². The van der Waals surface area contributed by atoms with Gasteiger partial charge in [-0.1, -0.05) is 0 Å². The van der Waals surface area contributed by atoms with Crippen LogP contribution in [0.25, 0.3) is 0 Å². The molecule has 2 N–H and O–H groups in total. The van der Waals surface area contributed by atoms with Gasteiger partial charge < -0.3 is 24.8 Å². The Bertz CT molecular complexity index is 729. The number of methoxy groups -OCH3 is 3. The molecule has 0 fully saturated rings. The van der Waals surface area contributed by atoms with Crippen molar-refractivity contribution >= 4 is 17.3 Å². The molecule has 0 amide bonds. The van der Waals surface area contributed by atoms with Crippen LogP contribution in [0.1, 0.15) is 21.1 Å². The van der Waals surface area contributed by atoms with Gasteiger partial charge in [-0.3, -0.25) is 4.99 Å². The summed E-state index contributed by atoms with van der Waals surface area (Å²) >= 11 is 1.69. The van der Waals surface area contributed by atoms with E-state index in [2.05, 4.69) is 27.5 Å². The van der Waals surface area contributed by atoms with Gasteiger partial charge in [0.2, 0.25) is 0 Å². The number of thiazole rings is 1. The number of aliphatic imine (C=N–C) groups is 1. The van der Waals surface area contributed by atoms with E-state index < -0.39 is 0 Å². The fourth-order valence-corrected chi connectivity index (χ4v) is 3.29. The van der Waals surface area contributed by atoms with E-state index in [0.717, 1.165) is 16.3 Å². The molecule has 142 valence electrons. The standard InChI is InChI=1S/C18H26N4O3S/c1-11-12(2)26-17(22-11)10-21-18(19-3)20-9-14-15(24-5)7-13(23-4)8-16(14)25-6/h7-8H,9-10H2,1-6H3,(H2,19,20,21). The number of benzene rings is 1. The maximum absolute atomic E-state index is 5.47. The molecule has 0 spiro atoms. The van der Waals surface area contributed by atoms with E-state index in [4.69, 9.17) is 14.2 Å². The third kappa shape index (κ3) is 4.78. The molecule has 26 heavy (non-hydrogen) atoms. The van der Waals surface area contributed by atoms with Crippen LogP contribution in [0.2, 0.25) is 0 Å². The average molecular weight is 378 g/mol. The summed E-state index contributed by atoms with van der Waals surface area (Å²) in [4.78, 5) is 10.0. The van der Waals surface area contributed by atoms with E-state index in [1.807, 2.05) is 19.1 Å². The van der Waals surface area contributed by atoms with Crippen molar-refractivity contribution in [3.63, 3.8) is 0 Å². The van der Waals surface area contributed by atoms with Gasteiger partial charge in [0.1, 0.15) is 22.3 Å². The number of ether oxygens (including phenoxy) is 3. The molecule has 0 saturated heterocycles. The van der Waals surface area contributed by atoms with Crippen LogP contribution in [-0.4, -0.2) is 39.3 Å². The first-order chi connectivity index (χ1) is 12.5. The van der Waals surface area contributed by atoms with Crippen molar-refractivity contribution in [2.24, 2.45) is 4.99 Å². The molecular weight excluding hydrogens is 352 g/mol. The van der Waals surface area contributed by atoms with Crippen LogP contribution in [0.5, 0.6) is 17.2 Å². The summed E-state index contributed by atoms with van der Waals surface area (Å²) < 4.78 is 16.2. The van der Waals surface area contributed by atoms with Gasteiger partial charge in [-0.25, -0.2) is 4.98 Å². The molecule has 0 aliphatic heterocycles. The third-order valence-electron chi connectivity index (χ3n) is 3.95. The Morgan fingerprint density at radius 3 is 2.12 bits per heavy atom. The van der Waals surface area contributed by atoms with Crippen LogP contribution in [0.3, 0.4) is 0 Å². The molecule has 0 saturated carbocycles. The molecule has 8 heteroatoms. The van der Waals surface area contributed by atoms with E-state index in [-0.39, 0.29) is 0 Å². The predicted octanol–water partition coefficient (Wildman–Crippen LogP) is 2.65. The second-order valence-corrected chi connectivity index (χ2v) is 6.83. The summed E-state index contributed by atoms with van der Waals surface area (Å²) in [6.07, 6.45) is 0. The highest BCUT2D eigenvalue weighted by Crippen LogP contribution is 2.33. The van der Waals surface area contributed by atoms with Crippen LogP contribution in [0.15, 0.2) is 17.1 Å². The number of hydrogen-bond donors (Lipinski definition) is 2. The van der Waals surface area contributed by atoms with Gasteiger partial charge in [-0.2, -0.15) is 0 Å². The summed E-state index contributed by atoms with van der Waals surface area (Å²) in [6.45, 7) is 5.21. The van der Waals surface area contributed by atoms with Crippen LogP contribution >= 0.6 is 11.3 Å². The van der Waals surface area contributed by atoms with Crippen LogP contribution in [0.4, 0.5) is 0 Å². The number of aryl methyl sites for hydroxylation is 2. The minimum Gasteiger partial charge on any atom is -0.496 e. The van der Waals surface area contributed by atoms with Gasteiger partial charge in [0.05, 0.1) is 45.7 Å². The lowest BCUT2D eigenvalue weighted by atomic mass is 10.1. The zero-order chi connectivity index (χ0) is 19.1. The Kier molecular flexibility index (Phi) is 7.08. The molecule has 1 heterocycles. The van der Waals surface area contributed by atoms with Gasteiger partial charge in [0, 0.05) is 24.1 Å². The first-order valence-corrected chi connectivity index (χ1v) is 9.00. The smallest absolute Gasteiger partial charge is 0.191 e. The molecule has 0 bridgehead atoms. The molecule has 0 aliphatic rings. The summed E-state index contributed by atoms with van der Waals surface area (Å²) in [5.41, 5.74) is 1.96. The summed E-state index contributed by atoms with van der Waals surface area (Å²) in [6, 6.07) is 3.66. The number of aromatic nitrogens is 1. The molecule has 0 atom stereocenters. The van der Waals surface area contributed by atoms with Crippen molar-refractivity contribution in [1.29, 1.82) is 0 Å². The highest BCUT2D eigenvalue weighted by Gasteiger charge is 2.14. The molecule has 0 aliphatic carbocycles. The lowest BCUT2D eigenvalue weighted by molar-refractivity contribution is 0.368. The number of hydrogen-bond acceptors (Lipinski definition) is 6. The van der Waals surface area contributed by atoms with E-state index in [9.17, 15) is 0 Å². The molecule has 2 aromatic rings.